The summed E-state index contributed by atoms with van der Waals surface area (Å²) in [6.07, 6.45) is 10.2. The molecule has 4 amide bonds. The fraction of sp³-hybridized carbons (Fsp3) is 0.644. The zero-order valence-electron chi connectivity index (χ0n) is 37.3. The van der Waals surface area contributed by atoms with Crippen LogP contribution < -0.4 is 25.0 Å². The van der Waals surface area contributed by atoms with Gasteiger partial charge in [0.1, 0.15) is 34.8 Å². The molecule has 4 fully saturated rings. The van der Waals surface area contributed by atoms with Crippen molar-refractivity contribution in [3.63, 3.8) is 0 Å². The van der Waals surface area contributed by atoms with Crippen molar-refractivity contribution in [2.45, 2.75) is 159 Å². The van der Waals surface area contributed by atoms with Crippen molar-refractivity contribution in [3.05, 3.63) is 35.7 Å². The molecule has 2 aliphatic carbocycles. The number of fused-ring (bicyclic) bond motifs is 3. The summed E-state index contributed by atoms with van der Waals surface area (Å²) in [6, 6.07) is 4.09. The highest BCUT2D eigenvalue weighted by molar-refractivity contribution is 7.91. The Morgan fingerprint density at radius 2 is 1.78 bits per heavy atom. The normalized spacial score (nSPS) is 27.1. The smallest absolute Gasteiger partial charge is 0.408 e. The Kier molecular flexibility index (Phi) is 12.4. The number of amides is 4. The lowest BCUT2D eigenvalue weighted by atomic mass is 10.0. The molecular weight excluding hydrogens is 845 g/mol. The highest BCUT2D eigenvalue weighted by Gasteiger charge is 2.63. The van der Waals surface area contributed by atoms with Crippen LogP contribution in [0.3, 0.4) is 0 Å². The molecule has 63 heavy (non-hydrogen) atoms. The summed E-state index contributed by atoms with van der Waals surface area (Å²) < 4.78 is 42.1. The van der Waals surface area contributed by atoms with E-state index in [2.05, 4.69) is 25.6 Å². The Hall–Kier alpha value is -4.71. The fourth-order valence-corrected chi connectivity index (χ4v) is 11.2. The zero-order valence-corrected chi connectivity index (χ0v) is 38.9. The number of sulfonamides is 1. The number of carbonyl (C=O) groups is 4. The van der Waals surface area contributed by atoms with Crippen LogP contribution in [0.15, 0.2) is 35.7 Å². The van der Waals surface area contributed by atoms with Gasteiger partial charge in [0.05, 0.1) is 22.5 Å². The molecule has 2 saturated heterocycles. The lowest BCUT2D eigenvalue weighted by molar-refractivity contribution is -0.141. The summed E-state index contributed by atoms with van der Waals surface area (Å²) in [6.45, 7) is 12.9. The molecule has 16 nitrogen and oxygen atoms in total. The number of alkyl carbamates (subject to hydrolysis) is 1. The number of thiazole rings is 1. The molecule has 2 aromatic heterocycles. The minimum absolute atomic E-state index is 0.0158. The van der Waals surface area contributed by atoms with Crippen LogP contribution in [-0.4, -0.2) is 105 Å². The Bertz CT molecular complexity index is 2380. The van der Waals surface area contributed by atoms with E-state index in [-0.39, 0.29) is 25.4 Å². The largest absolute Gasteiger partial charge is 0.459 e. The first kappa shape index (κ1) is 44.9. The van der Waals surface area contributed by atoms with Crippen LogP contribution in [-0.2, 0) is 29.1 Å². The molecular formula is C45H62N8O8S2. The maximum absolute atomic E-state index is 14.8. The minimum atomic E-state index is -4.01. The van der Waals surface area contributed by atoms with Crippen LogP contribution in [0.2, 0.25) is 0 Å². The van der Waals surface area contributed by atoms with Gasteiger partial charge in [-0.1, -0.05) is 37.1 Å². The Labute approximate surface area is 374 Å². The summed E-state index contributed by atoms with van der Waals surface area (Å²) in [7, 11) is -4.01. The lowest BCUT2D eigenvalue weighted by Crippen LogP contribution is -2.58. The molecule has 0 radical (unpaired) electrons. The quantitative estimate of drug-likeness (QED) is 0.202. The number of hydrogen-bond donors (Lipinski definition) is 3. The maximum atomic E-state index is 14.8. The number of anilines is 1. The molecule has 8 rings (SSSR count). The van der Waals surface area contributed by atoms with Gasteiger partial charge in [-0.3, -0.25) is 23.7 Å². The molecule has 0 bridgehead atoms. The van der Waals surface area contributed by atoms with Crippen LogP contribution >= 0.6 is 11.3 Å². The zero-order chi connectivity index (χ0) is 44.9. The van der Waals surface area contributed by atoms with Crippen molar-refractivity contribution >= 4 is 61.3 Å². The van der Waals surface area contributed by atoms with E-state index in [0.29, 0.717) is 38.1 Å². The SMILES string of the molecule is CC(C)n1c(O[C@@H]2C[C@H]3C(=O)N[C@]4(C(=O)NS(=O)(=O)C5(C)CC5)C[C@H]4/C=C\CCCCC[C@H](NC(=O)OC(C)(C)C)C(=O)N3C2)nc2c(-c3csc(N4CCCCC4)n3)cccc21. The van der Waals surface area contributed by atoms with Crippen LogP contribution in [0.1, 0.15) is 125 Å². The summed E-state index contributed by atoms with van der Waals surface area (Å²) in [4.78, 5) is 70.5. The summed E-state index contributed by atoms with van der Waals surface area (Å²) in [5, 5.41) is 8.78. The Morgan fingerprint density at radius 3 is 2.49 bits per heavy atom. The third-order valence-corrected chi connectivity index (χ3v) is 16.1. The molecule has 5 atom stereocenters. The van der Waals surface area contributed by atoms with E-state index in [9.17, 15) is 27.6 Å². The van der Waals surface area contributed by atoms with Crippen LogP contribution in [0.4, 0.5) is 9.93 Å². The van der Waals surface area contributed by atoms with E-state index in [4.69, 9.17) is 19.4 Å². The predicted octanol–water partition coefficient (Wildman–Crippen LogP) is 6.37. The van der Waals surface area contributed by atoms with E-state index in [1.807, 2.05) is 48.8 Å². The van der Waals surface area contributed by atoms with Gasteiger partial charge >= 0.3 is 6.09 Å². The number of benzene rings is 1. The Balaban J connectivity index is 1.11. The van der Waals surface area contributed by atoms with E-state index >= 15 is 0 Å². The number of piperidine rings is 1. The van der Waals surface area contributed by atoms with Crippen molar-refractivity contribution in [1.29, 1.82) is 0 Å². The fourth-order valence-electron chi connectivity index (χ4n) is 9.05. The average molecular weight is 907 g/mol. The minimum Gasteiger partial charge on any atom is -0.459 e. The molecule has 342 valence electrons. The van der Waals surface area contributed by atoms with Gasteiger partial charge in [0.2, 0.25) is 21.8 Å². The number of allylic oxidation sites excluding steroid dienone is 1. The first-order chi connectivity index (χ1) is 29.9. The van der Waals surface area contributed by atoms with Gasteiger partial charge in [0.25, 0.3) is 11.9 Å². The topological polar surface area (TPSA) is 194 Å². The van der Waals surface area contributed by atoms with Gasteiger partial charge in [-0.05, 0) is 105 Å². The number of para-hydroxylation sites is 1. The van der Waals surface area contributed by atoms with E-state index < -0.39 is 73.8 Å². The van der Waals surface area contributed by atoms with Gasteiger partial charge in [0, 0.05) is 42.4 Å². The van der Waals surface area contributed by atoms with Crippen molar-refractivity contribution in [1.82, 2.24) is 34.8 Å². The van der Waals surface area contributed by atoms with Crippen molar-refractivity contribution in [2.24, 2.45) is 5.92 Å². The number of nitrogens with one attached hydrogen (secondary N) is 3. The van der Waals surface area contributed by atoms with Crippen molar-refractivity contribution < 1.29 is 37.1 Å². The number of ether oxygens (including phenoxy) is 2. The van der Waals surface area contributed by atoms with Gasteiger partial charge < -0.3 is 29.9 Å². The highest BCUT2D eigenvalue weighted by atomic mass is 32.2. The average Bonchev–Trinajstić information content (AvgIpc) is 3.89. The molecule has 1 aromatic carbocycles. The second-order valence-electron chi connectivity index (χ2n) is 19.5. The number of aromatic nitrogens is 3. The van der Waals surface area contributed by atoms with Gasteiger partial charge in [0.15, 0.2) is 5.13 Å². The lowest BCUT2D eigenvalue weighted by Gasteiger charge is -2.30. The molecule has 3 N–H and O–H groups in total. The summed E-state index contributed by atoms with van der Waals surface area (Å²) in [5.74, 6) is -2.33. The number of rotatable bonds is 9. The first-order valence-electron chi connectivity index (χ1n) is 22.6. The Morgan fingerprint density at radius 1 is 1.03 bits per heavy atom. The molecule has 0 spiro atoms. The van der Waals surface area contributed by atoms with Crippen LogP contribution in [0, 0.1) is 5.92 Å². The number of imidazole rings is 1. The summed E-state index contributed by atoms with van der Waals surface area (Å²) in [5.41, 5.74) is 0.925. The standard InChI is InChI=1S/C45H62N8O8S2/c1-28(2)53-34-19-15-17-31(33-27-62-41(46-33)51-22-13-10-14-23-51)36(34)48-40(53)60-30-24-35-37(54)49-45(39(56)50-63(58,59)44(6)20-21-44)25-29(45)16-11-8-7-9-12-18-32(38(55)52(35)26-30)47-42(57)61-43(3,4)5/h11,15-17,19,27-30,32,35H,7-10,12-14,18,20-26H2,1-6H3,(H,47,57)(H,49,54)(H,50,56)/b16-11-/t29-,30-,32+,35+,45-/m1/s1. The maximum Gasteiger partial charge on any atom is 0.408 e. The predicted molar refractivity (Wildman–Crippen MR) is 241 cm³/mol. The van der Waals surface area contributed by atoms with Crippen molar-refractivity contribution in [3.8, 4) is 17.3 Å². The first-order valence-corrected chi connectivity index (χ1v) is 25.0. The van der Waals surface area contributed by atoms with Crippen molar-refractivity contribution in [2.75, 3.05) is 24.5 Å². The number of hydrogen-bond acceptors (Lipinski definition) is 12. The molecule has 2 saturated carbocycles. The summed E-state index contributed by atoms with van der Waals surface area (Å²) >= 11 is 1.62. The highest BCUT2D eigenvalue weighted by Crippen LogP contribution is 2.48. The number of carbonyl (C=O) groups excluding carboxylic acids is 4. The third kappa shape index (κ3) is 9.43. The molecule has 3 aliphatic heterocycles. The molecule has 5 heterocycles. The second-order valence-corrected chi connectivity index (χ2v) is 22.5. The van der Waals surface area contributed by atoms with E-state index in [1.165, 1.54) is 11.3 Å². The second kappa shape index (κ2) is 17.3. The monoisotopic (exact) mass is 906 g/mol. The van der Waals surface area contributed by atoms with Crippen LogP contribution in [0.5, 0.6) is 6.01 Å². The number of nitrogens with zero attached hydrogens (tertiary/aromatic N) is 5. The van der Waals surface area contributed by atoms with E-state index in [1.54, 1.807) is 39.0 Å². The van der Waals surface area contributed by atoms with Gasteiger partial charge in [-0.2, -0.15) is 4.98 Å². The molecule has 3 aromatic rings. The molecule has 5 aliphatic rings. The van der Waals surface area contributed by atoms with Gasteiger partial charge in [-0.15, -0.1) is 11.3 Å². The third-order valence-electron chi connectivity index (χ3n) is 13.0. The van der Waals surface area contributed by atoms with Crippen LogP contribution in [0.25, 0.3) is 22.3 Å². The molecule has 18 heteroatoms. The van der Waals surface area contributed by atoms with E-state index in [0.717, 1.165) is 66.2 Å². The molecule has 0 unspecified atom stereocenters. The van der Waals surface area contributed by atoms with Gasteiger partial charge in [-0.25, -0.2) is 18.2 Å².